The Morgan fingerprint density at radius 2 is 1.83 bits per heavy atom. The van der Waals surface area contributed by atoms with Crippen LogP contribution in [-0.2, 0) is 18.5 Å². The maximum Gasteiger partial charge on any atom is 0.214 e. The zero-order chi connectivity index (χ0) is 20.4. The van der Waals surface area contributed by atoms with Gasteiger partial charge in [0.25, 0.3) is 0 Å². The maximum atomic E-state index is 5.75. The Hall–Kier alpha value is -2.73. The molecule has 0 fully saturated rings. The highest BCUT2D eigenvalue weighted by atomic mass is 16.5. The Bertz CT molecular complexity index is 981. The first kappa shape index (κ1) is 19.6. The van der Waals surface area contributed by atoms with Crippen molar-refractivity contribution in [1.82, 2.24) is 20.2 Å². The average molecular weight is 393 g/mol. The summed E-state index contributed by atoms with van der Waals surface area (Å²) >= 11 is 0. The highest BCUT2D eigenvalue weighted by molar-refractivity contribution is 5.38. The molecule has 2 atom stereocenters. The molecule has 1 unspecified atom stereocenters. The standard InChI is InChI=1S/C23H29N5O/c1-5-23(2,3)28-22(24-25-26-28)21(19-12-8-9-13-20(19)29-4)27-15-14-17-10-6-7-11-18(17)16-27/h6-13,21H,5,14-16H2,1-4H3/p+1/t21-/m0/s1. The predicted octanol–water partition coefficient (Wildman–Crippen LogP) is 2.56. The van der Waals surface area contributed by atoms with Gasteiger partial charge < -0.3 is 9.64 Å². The van der Waals surface area contributed by atoms with Crippen molar-refractivity contribution in [2.24, 2.45) is 0 Å². The average Bonchev–Trinajstić information content (AvgIpc) is 3.24. The first-order chi connectivity index (χ1) is 14.0. The fourth-order valence-corrected chi connectivity index (χ4v) is 4.25. The molecule has 6 heteroatoms. The van der Waals surface area contributed by atoms with Crippen LogP contribution in [0.5, 0.6) is 5.75 Å². The minimum atomic E-state index is -0.160. The van der Waals surface area contributed by atoms with E-state index >= 15 is 0 Å². The second kappa shape index (κ2) is 7.95. The number of benzene rings is 2. The summed E-state index contributed by atoms with van der Waals surface area (Å²) in [6.07, 6.45) is 2.00. The highest BCUT2D eigenvalue weighted by Gasteiger charge is 2.38. The molecule has 0 aliphatic carbocycles. The van der Waals surface area contributed by atoms with Gasteiger partial charge in [0.2, 0.25) is 5.82 Å². The first-order valence-corrected chi connectivity index (χ1v) is 10.4. The van der Waals surface area contributed by atoms with Crippen molar-refractivity contribution < 1.29 is 9.64 Å². The van der Waals surface area contributed by atoms with Crippen LogP contribution in [0.15, 0.2) is 48.5 Å². The quantitative estimate of drug-likeness (QED) is 0.701. The molecule has 1 N–H and O–H groups in total. The summed E-state index contributed by atoms with van der Waals surface area (Å²) < 4.78 is 7.76. The summed E-state index contributed by atoms with van der Waals surface area (Å²) in [4.78, 5) is 1.44. The minimum Gasteiger partial charge on any atom is -0.496 e. The van der Waals surface area contributed by atoms with Gasteiger partial charge in [0, 0.05) is 12.0 Å². The lowest BCUT2D eigenvalue weighted by atomic mass is 9.94. The van der Waals surface area contributed by atoms with Gasteiger partial charge in [0.15, 0.2) is 6.04 Å². The van der Waals surface area contributed by atoms with Crippen LogP contribution >= 0.6 is 0 Å². The lowest BCUT2D eigenvalue weighted by Crippen LogP contribution is -3.12. The summed E-state index contributed by atoms with van der Waals surface area (Å²) in [5.74, 6) is 1.78. The summed E-state index contributed by atoms with van der Waals surface area (Å²) in [7, 11) is 1.73. The minimum absolute atomic E-state index is 0.000307. The molecule has 0 saturated carbocycles. The molecule has 2 aromatic carbocycles. The number of nitrogens with zero attached hydrogens (tertiary/aromatic N) is 4. The van der Waals surface area contributed by atoms with E-state index in [4.69, 9.17) is 4.74 Å². The SMILES string of the molecule is CCC(C)(C)n1nnnc1[C@H](c1ccccc1OC)[NH+]1CCc2ccccc2C1. The molecule has 4 rings (SSSR count). The number of methoxy groups -OCH3 is 1. The normalized spacial score (nSPS) is 17.6. The van der Waals surface area contributed by atoms with Crippen LogP contribution in [0, 0.1) is 0 Å². The first-order valence-electron chi connectivity index (χ1n) is 10.4. The van der Waals surface area contributed by atoms with Crippen molar-refractivity contribution in [3.8, 4) is 5.75 Å². The van der Waals surface area contributed by atoms with E-state index in [0.717, 1.165) is 43.1 Å². The van der Waals surface area contributed by atoms with Crippen LogP contribution < -0.4 is 9.64 Å². The van der Waals surface area contributed by atoms with E-state index in [2.05, 4.69) is 72.7 Å². The van der Waals surface area contributed by atoms with Gasteiger partial charge in [-0.25, -0.2) is 4.68 Å². The summed E-state index contributed by atoms with van der Waals surface area (Å²) in [5, 5.41) is 13.0. The Morgan fingerprint density at radius 1 is 1.10 bits per heavy atom. The number of tetrazole rings is 1. The molecule has 0 amide bonds. The number of fused-ring (bicyclic) bond motifs is 1. The molecule has 6 nitrogen and oxygen atoms in total. The molecule has 1 aliphatic heterocycles. The lowest BCUT2D eigenvalue weighted by Gasteiger charge is -2.34. The Labute approximate surface area is 172 Å². The number of hydrogen-bond acceptors (Lipinski definition) is 4. The smallest absolute Gasteiger partial charge is 0.214 e. The third-order valence-corrected chi connectivity index (χ3v) is 6.30. The molecule has 0 spiro atoms. The van der Waals surface area contributed by atoms with Crippen molar-refractivity contribution in [1.29, 1.82) is 0 Å². The maximum absolute atomic E-state index is 5.75. The van der Waals surface area contributed by atoms with E-state index in [1.54, 1.807) is 7.11 Å². The van der Waals surface area contributed by atoms with Crippen LogP contribution in [-0.4, -0.2) is 33.9 Å². The molecule has 29 heavy (non-hydrogen) atoms. The molecular formula is C23H30N5O+. The second-order valence-corrected chi connectivity index (χ2v) is 8.39. The van der Waals surface area contributed by atoms with Crippen molar-refractivity contribution in [2.45, 2.75) is 51.7 Å². The Balaban J connectivity index is 1.83. The summed E-state index contributed by atoms with van der Waals surface area (Å²) in [6, 6.07) is 17.0. The molecule has 2 heterocycles. The third-order valence-electron chi connectivity index (χ3n) is 6.30. The molecule has 0 radical (unpaired) electrons. The van der Waals surface area contributed by atoms with Gasteiger partial charge in [-0.3, -0.25) is 0 Å². The van der Waals surface area contributed by atoms with Crippen LogP contribution in [0.25, 0.3) is 0 Å². The van der Waals surface area contributed by atoms with Crippen LogP contribution in [0.3, 0.4) is 0 Å². The second-order valence-electron chi connectivity index (χ2n) is 8.39. The number of nitrogens with one attached hydrogen (secondary N) is 1. The van der Waals surface area contributed by atoms with Gasteiger partial charge in [0.05, 0.1) is 24.8 Å². The lowest BCUT2D eigenvalue weighted by molar-refractivity contribution is -0.942. The van der Waals surface area contributed by atoms with E-state index in [9.17, 15) is 0 Å². The van der Waals surface area contributed by atoms with E-state index in [1.165, 1.54) is 16.0 Å². The topological polar surface area (TPSA) is 57.3 Å². The molecule has 3 aromatic rings. The number of aromatic nitrogens is 4. The summed E-state index contributed by atoms with van der Waals surface area (Å²) in [5.41, 5.74) is 3.82. The molecule has 152 valence electrons. The van der Waals surface area contributed by atoms with Crippen molar-refractivity contribution >= 4 is 0 Å². The van der Waals surface area contributed by atoms with Gasteiger partial charge in [0.1, 0.15) is 12.3 Å². The van der Waals surface area contributed by atoms with Crippen LogP contribution in [0.4, 0.5) is 0 Å². The monoisotopic (exact) mass is 392 g/mol. The van der Waals surface area contributed by atoms with Crippen molar-refractivity contribution in [3.63, 3.8) is 0 Å². The third kappa shape index (κ3) is 3.65. The fourth-order valence-electron chi connectivity index (χ4n) is 4.25. The highest BCUT2D eigenvalue weighted by Crippen LogP contribution is 2.30. The fraction of sp³-hybridized carbons (Fsp3) is 0.435. The van der Waals surface area contributed by atoms with E-state index < -0.39 is 0 Å². The van der Waals surface area contributed by atoms with Gasteiger partial charge in [-0.05, 0) is 48.4 Å². The van der Waals surface area contributed by atoms with Gasteiger partial charge in [-0.2, -0.15) is 0 Å². The zero-order valence-electron chi connectivity index (χ0n) is 17.7. The van der Waals surface area contributed by atoms with Crippen LogP contribution in [0.1, 0.15) is 55.7 Å². The molecule has 1 aromatic heterocycles. The Morgan fingerprint density at radius 3 is 2.59 bits per heavy atom. The number of quaternary nitrogens is 1. The van der Waals surface area contributed by atoms with Gasteiger partial charge >= 0.3 is 0 Å². The predicted molar refractivity (Wildman–Crippen MR) is 112 cm³/mol. The van der Waals surface area contributed by atoms with E-state index in [1.807, 2.05) is 16.8 Å². The number of hydrogen-bond donors (Lipinski definition) is 1. The molecule has 1 aliphatic rings. The van der Waals surface area contributed by atoms with E-state index in [-0.39, 0.29) is 11.6 Å². The van der Waals surface area contributed by atoms with Crippen molar-refractivity contribution in [3.05, 3.63) is 71.0 Å². The van der Waals surface area contributed by atoms with Gasteiger partial charge in [-0.1, -0.05) is 43.3 Å². The molecule has 0 saturated heterocycles. The van der Waals surface area contributed by atoms with E-state index in [0.29, 0.717) is 0 Å². The van der Waals surface area contributed by atoms with Gasteiger partial charge in [-0.15, -0.1) is 5.10 Å². The van der Waals surface area contributed by atoms with Crippen LogP contribution in [0.2, 0.25) is 0 Å². The van der Waals surface area contributed by atoms with Crippen molar-refractivity contribution in [2.75, 3.05) is 13.7 Å². The largest absolute Gasteiger partial charge is 0.496 e. The summed E-state index contributed by atoms with van der Waals surface area (Å²) in [6.45, 7) is 8.52. The number of para-hydroxylation sites is 1. The number of rotatable bonds is 6. The zero-order valence-corrected chi connectivity index (χ0v) is 17.7. The molecular weight excluding hydrogens is 362 g/mol. The molecule has 0 bridgehead atoms. The number of ether oxygens (including phenoxy) is 1. The Kier molecular flexibility index (Phi) is 5.37.